The Kier molecular flexibility index (Phi) is 4.49. The number of carbonyl (C=O) groups is 2. The van der Waals surface area contributed by atoms with Crippen molar-refractivity contribution < 1.29 is 23.1 Å². The molecule has 3 rings (SSSR count). The van der Waals surface area contributed by atoms with E-state index in [4.69, 9.17) is 0 Å². The van der Waals surface area contributed by atoms with Crippen molar-refractivity contribution in [2.24, 2.45) is 17.8 Å². The van der Waals surface area contributed by atoms with Crippen LogP contribution in [0.5, 0.6) is 0 Å². The van der Waals surface area contributed by atoms with Crippen LogP contribution in [-0.2, 0) is 14.8 Å². The number of nitrogens with zero attached hydrogens (tertiary/aromatic N) is 1. The first-order chi connectivity index (χ1) is 11.7. The molecule has 0 bridgehead atoms. The van der Waals surface area contributed by atoms with Crippen molar-refractivity contribution in [3.8, 4) is 0 Å². The van der Waals surface area contributed by atoms with Crippen molar-refractivity contribution in [2.45, 2.75) is 19.8 Å². The second-order valence-corrected chi connectivity index (χ2v) is 8.83. The highest BCUT2D eigenvalue weighted by Crippen LogP contribution is 2.44. The molecule has 25 heavy (non-hydrogen) atoms. The number of rotatable bonds is 5. The molecule has 1 saturated heterocycles. The van der Waals surface area contributed by atoms with Gasteiger partial charge in [-0.15, -0.1) is 0 Å². The van der Waals surface area contributed by atoms with Crippen molar-refractivity contribution in [2.75, 3.05) is 24.1 Å². The van der Waals surface area contributed by atoms with E-state index in [1.165, 1.54) is 0 Å². The first-order valence-corrected chi connectivity index (χ1v) is 10.2. The van der Waals surface area contributed by atoms with Gasteiger partial charge in [0.2, 0.25) is 10.0 Å². The van der Waals surface area contributed by atoms with E-state index in [1.807, 2.05) is 6.92 Å². The van der Waals surface area contributed by atoms with Crippen LogP contribution in [-0.4, -0.2) is 49.6 Å². The monoisotopic (exact) mass is 366 g/mol. The van der Waals surface area contributed by atoms with E-state index in [-0.39, 0.29) is 29.6 Å². The van der Waals surface area contributed by atoms with Gasteiger partial charge >= 0.3 is 5.97 Å². The molecule has 2 atom stereocenters. The van der Waals surface area contributed by atoms with E-state index in [9.17, 15) is 23.1 Å². The average Bonchev–Trinajstić information content (AvgIpc) is 3.25. The average molecular weight is 366 g/mol. The standard InChI is InChI=1S/C17H22N2O5S/c1-10-3-6-15(18-25(2,23)24)12(7-10)16(20)19-8-13(11-4-5-11)14(9-19)17(21)22/h3,6-7,11,13-14,18H,4-5,8-9H2,1-2H3,(H,21,22)/t13-,14+/m1/s1. The van der Waals surface area contributed by atoms with Gasteiger partial charge in [-0.2, -0.15) is 0 Å². The maximum atomic E-state index is 13.0. The van der Waals surface area contributed by atoms with Gasteiger partial charge in [-0.25, -0.2) is 8.42 Å². The van der Waals surface area contributed by atoms with Crippen LogP contribution < -0.4 is 4.72 Å². The second-order valence-electron chi connectivity index (χ2n) is 7.08. The quantitative estimate of drug-likeness (QED) is 0.823. The Hall–Kier alpha value is -2.09. The van der Waals surface area contributed by atoms with Crippen molar-refractivity contribution in [3.05, 3.63) is 29.3 Å². The number of nitrogens with one attached hydrogen (secondary N) is 1. The number of hydrogen-bond acceptors (Lipinski definition) is 4. The maximum Gasteiger partial charge on any atom is 0.308 e. The van der Waals surface area contributed by atoms with E-state index in [0.29, 0.717) is 12.5 Å². The van der Waals surface area contributed by atoms with Crippen molar-refractivity contribution in [1.82, 2.24) is 4.90 Å². The molecule has 136 valence electrons. The molecule has 2 fully saturated rings. The zero-order chi connectivity index (χ0) is 18.4. The topological polar surface area (TPSA) is 104 Å². The fraction of sp³-hybridized carbons (Fsp3) is 0.529. The van der Waals surface area contributed by atoms with Crippen LogP contribution >= 0.6 is 0 Å². The molecule has 1 aromatic rings. The zero-order valence-corrected chi connectivity index (χ0v) is 15.0. The highest BCUT2D eigenvalue weighted by molar-refractivity contribution is 7.92. The summed E-state index contributed by atoms with van der Waals surface area (Å²) in [4.78, 5) is 26.0. The number of aliphatic carboxylic acids is 1. The summed E-state index contributed by atoms with van der Waals surface area (Å²) in [6.07, 6.45) is 3.06. The summed E-state index contributed by atoms with van der Waals surface area (Å²) in [5.74, 6) is -1.38. The summed E-state index contributed by atoms with van der Waals surface area (Å²) in [5.41, 5.74) is 1.31. The van der Waals surface area contributed by atoms with Gasteiger partial charge in [0.15, 0.2) is 0 Å². The predicted octanol–water partition coefficient (Wildman–Crippen LogP) is 1.55. The van der Waals surface area contributed by atoms with Crippen molar-refractivity contribution >= 4 is 27.6 Å². The van der Waals surface area contributed by atoms with Crippen LogP contribution in [0.2, 0.25) is 0 Å². The molecule has 1 aromatic carbocycles. The van der Waals surface area contributed by atoms with E-state index in [1.54, 1.807) is 23.1 Å². The molecule has 0 spiro atoms. The first-order valence-electron chi connectivity index (χ1n) is 8.26. The van der Waals surface area contributed by atoms with Gasteiger partial charge in [-0.05, 0) is 43.7 Å². The number of carbonyl (C=O) groups excluding carboxylic acids is 1. The Bertz CT molecular complexity index is 816. The molecule has 1 aliphatic heterocycles. The van der Waals surface area contributed by atoms with Crippen LogP contribution in [0.4, 0.5) is 5.69 Å². The Morgan fingerprint density at radius 1 is 1.24 bits per heavy atom. The number of hydrogen-bond donors (Lipinski definition) is 2. The number of amides is 1. The minimum absolute atomic E-state index is 0.0161. The van der Waals surface area contributed by atoms with Gasteiger partial charge < -0.3 is 10.0 Å². The normalized spacial score (nSPS) is 23.5. The Morgan fingerprint density at radius 2 is 1.92 bits per heavy atom. The predicted molar refractivity (Wildman–Crippen MR) is 92.9 cm³/mol. The summed E-state index contributed by atoms with van der Waals surface area (Å²) in [6, 6.07) is 4.92. The number of carboxylic acid groups (broad SMARTS) is 1. The SMILES string of the molecule is Cc1ccc(NS(C)(=O)=O)c(C(=O)N2C[C@H](C(=O)O)[C@@H](C3CC3)C2)c1. The lowest BCUT2D eigenvalue weighted by Gasteiger charge is -2.19. The molecule has 0 unspecified atom stereocenters. The minimum atomic E-state index is -3.52. The van der Waals surface area contributed by atoms with Crippen LogP contribution in [0.25, 0.3) is 0 Å². The molecule has 0 radical (unpaired) electrons. The van der Waals surface area contributed by atoms with E-state index in [2.05, 4.69) is 4.72 Å². The molecule has 1 amide bonds. The smallest absolute Gasteiger partial charge is 0.308 e. The molecule has 2 aliphatic rings. The Balaban J connectivity index is 1.88. The zero-order valence-electron chi connectivity index (χ0n) is 14.2. The van der Waals surface area contributed by atoms with Crippen molar-refractivity contribution in [3.63, 3.8) is 0 Å². The molecular formula is C17H22N2O5S. The minimum Gasteiger partial charge on any atom is -0.481 e. The number of carboxylic acids is 1. The third-order valence-electron chi connectivity index (χ3n) is 4.90. The van der Waals surface area contributed by atoms with E-state index >= 15 is 0 Å². The molecule has 0 aromatic heterocycles. The Labute approximate surface area is 147 Å². The van der Waals surface area contributed by atoms with E-state index < -0.39 is 21.9 Å². The number of likely N-dealkylation sites (tertiary alicyclic amines) is 1. The summed E-state index contributed by atoms with van der Waals surface area (Å²) in [5, 5.41) is 9.45. The lowest BCUT2D eigenvalue weighted by molar-refractivity contribution is -0.142. The van der Waals surface area contributed by atoms with Gasteiger partial charge in [0.05, 0.1) is 23.4 Å². The summed E-state index contributed by atoms with van der Waals surface area (Å²) in [6.45, 7) is 2.40. The van der Waals surface area contributed by atoms with Crippen LogP contribution in [0.1, 0.15) is 28.8 Å². The molecule has 2 N–H and O–H groups in total. The third kappa shape index (κ3) is 3.95. The van der Waals surface area contributed by atoms with Crippen LogP contribution in [0.15, 0.2) is 18.2 Å². The largest absolute Gasteiger partial charge is 0.481 e. The van der Waals surface area contributed by atoms with Gasteiger partial charge in [-0.3, -0.25) is 14.3 Å². The lowest BCUT2D eigenvalue weighted by atomic mass is 9.92. The maximum absolute atomic E-state index is 13.0. The van der Waals surface area contributed by atoms with Crippen molar-refractivity contribution in [1.29, 1.82) is 0 Å². The van der Waals surface area contributed by atoms with Gasteiger partial charge in [0.1, 0.15) is 0 Å². The van der Waals surface area contributed by atoms with Gasteiger partial charge in [-0.1, -0.05) is 11.6 Å². The number of anilines is 1. The molecule has 1 heterocycles. The lowest BCUT2D eigenvalue weighted by Crippen LogP contribution is -2.31. The third-order valence-corrected chi connectivity index (χ3v) is 5.49. The molecule has 7 nitrogen and oxygen atoms in total. The van der Waals surface area contributed by atoms with Gasteiger partial charge in [0.25, 0.3) is 5.91 Å². The highest BCUT2D eigenvalue weighted by Gasteiger charge is 2.47. The van der Waals surface area contributed by atoms with Gasteiger partial charge in [0, 0.05) is 13.1 Å². The first kappa shape index (κ1) is 17.7. The van der Waals surface area contributed by atoms with E-state index in [0.717, 1.165) is 24.7 Å². The molecule has 1 saturated carbocycles. The fourth-order valence-electron chi connectivity index (χ4n) is 3.55. The number of benzene rings is 1. The second kappa shape index (κ2) is 6.33. The number of aryl methyl sites for hydroxylation is 1. The fourth-order valence-corrected chi connectivity index (χ4v) is 4.13. The number of sulfonamides is 1. The summed E-state index contributed by atoms with van der Waals surface area (Å²) in [7, 11) is -3.52. The molecular weight excluding hydrogens is 344 g/mol. The summed E-state index contributed by atoms with van der Waals surface area (Å²) >= 11 is 0. The summed E-state index contributed by atoms with van der Waals surface area (Å²) < 4.78 is 25.5. The van der Waals surface area contributed by atoms with Crippen LogP contribution in [0.3, 0.4) is 0 Å². The molecule has 1 aliphatic carbocycles. The molecule has 8 heteroatoms. The Morgan fingerprint density at radius 3 is 2.48 bits per heavy atom. The van der Waals surface area contributed by atoms with Crippen LogP contribution in [0, 0.1) is 24.7 Å². The highest BCUT2D eigenvalue weighted by atomic mass is 32.2.